The van der Waals surface area contributed by atoms with Crippen molar-refractivity contribution in [3.8, 4) is 0 Å². The van der Waals surface area contributed by atoms with Crippen molar-refractivity contribution in [2.75, 3.05) is 25.0 Å². The van der Waals surface area contributed by atoms with Crippen LogP contribution in [0.25, 0.3) is 0 Å². The minimum atomic E-state index is -0.390. The summed E-state index contributed by atoms with van der Waals surface area (Å²) in [6, 6.07) is 5.20. The zero-order valence-corrected chi connectivity index (χ0v) is 10.6. The quantitative estimate of drug-likeness (QED) is 0.387. The summed E-state index contributed by atoms with van der Waals surface area (Å²) in [6.45, 7) is 5.13. The van der Waals surface area contributed by atoms with Gasteiger partial charge in [-0.25, -0.2) is 0 Å². The smallest absolute Gasteiger partial charge is 0.295 e. The van der Waals surface area contributed by atoms with Gasteiger partial charge >= 0.3 is 0 Å². The molecule has 100 valence electrons. The topological polar surface area (TPSA) is 87.4 Å². The number of nitro benzene ring substituents is 1. The van der Waals surface area contributed by atoms with Crippen molar-refractivity contribution in [3.05, 3.63) is 33.9 Å². The number of hydrogen-bond acceptors (Lipinski definition) is 5. The molecule has 1 rings (SSSR count). The Balaban J connectivity index is 2.52. The summed E-state index contributed by atoms with van der Waals surface area (Å²) in [4.78, 5) is 10.6. The molecule has 0 bridgehead atoms. The first-order valence-corrected chi connectivity index (χ1v) is 5.89. The average Bonchev–Trinajstić information content (AvgIpc) is 2.27. The maximum Gasteiger partial charge on any atom is 0.295 e. The minimum absolute atomic E-state index is 0.119. The van der Waals surface area contributed by atoms with E-state index in [1.165, 1.54) is 0 Å². The van der Waals surface area contributed by atoms with Gasteiger partial charge in [0.1, 0.15) is 5.69 Å². The lowest BCUT2D eigenvalue weighted by atomic mass is 10.1. The number of hydrogen-bond donors (Lipinski definition) is 3. The van der Waals surface area contributed by atoms with Crippen molar-refractivity contribution >= 4 is 11.4 Å². The number of aliphatic hydroxyl groups is 1. The van der Waals surface area contributed by atoms with E-state index >= 15 is 0 Å². The first-order valence-electron chi connectivity index (χ1n) is 5.89. The number of benzene rings is 1. The Bertz CT molecular complexity index is 408. The maximum absolute atomic E-state index is 10.9. The van der Waals surface area contributed by atoms with Gasteiger partial charge in [0.2, 0.25) is 0 Å². The van der Waals surface area contributed by atoms with Gasteiger partial charge in [0.05, 0.1) is 11.0 Å². The number of rotatable bonds is 7. The molecular weight excluding hydrogens is 234 g/mol. The van der Waals surface area contributed by atoms with Crippen molar-refractivity contribution in [2.45, 2.75) is 20.0 Å². The van der Waals surface area contributed by atoms with Crippen LogP contribution in [0.2, 0.25) is 0 Å². The lowest BCUT2D eigenvalue weighted by Gasteiger charge is -2.10. The highest BCUT2D eigenvalue weighted by molar-refractivity contribution is 5.64. The number of nitrogens with zero attached hydrogens (tertiary/aromatic N) is 1. The molecule has 0 amide bonds. The summed E-state index contributed by atoms with van der Waals surface area (Å²) in [7, 11) is 0. The molecule has 6 nitrogen and oxygen atoms in total. The van der Waals surface area contributed by atoms with E-state index in [0.29, 0.717) is 30.9 Å². The van der Waals surface area contributed by atoms with Gasteiger partial charge in [0.25, 0.3) is 5.69 Å². The highest BCUT2D eigenvalue weighted by Crippen LogP contribution is 2.27. The third-order valence-corrected chi connectivity index (χ3v) is 2.48. The molecule has 1 aromatic carbocycles. The summed E-state index contributed by atoms with van der Waals surface area (Å²) < 4.78 is 0. The average molecular weight is 253 g/mol. The van der Waals surface area contributed by atoms with Crippen LogP contribution in [0.3, 0.4) is 0 Å². The van der Waals surface area contributed by atoms with Crippen LogP contribution in [0.15, 0.2) is 18.2 Å². The van der Waals surface area contributed by atoms with Gasteiger partial charge in [-0.3, -0.25) is 10.1 Å². The fraction of sp³-hybridized carbons (Fsp3) is 0.500. The van der Waals surface area contributed by atoms with Crippen molar-refractivity contribution < 1.29 is 10.0 Å². The van der Waals surface area contributed by atoms with Crippen molar-refractivity contribution in [2.24, 2.45) is 0 Å². The Morgan fingerprint density at radius 3 is 2.78 bits per heavy atom. The number of anilines is 1. The van der Waals surface area contributed by atoms with Gasteiger partial charge in [-0.05, 0) is 19.9 Å². The molecular formula is C12H19N3O3. The number of nitro groups is 1. The Morgan fingerprint density at radius 1 is 1.44 bits per heavy atom. The van der Waals surface area contributed by atoms with Gasteiger partial charge in [0, 0.05) is 25.2 Å². The Hall–Kier alpha value is -1.66. The van der Waals surface area contributed by atoms with Gasteiger partial charge in [-0.1, -0.05) is 12.1 Å². The van der Waals surface area contributed by atoms with Crippen LogP contribution in [0.5, 0.6) is 0 Å². The van der Waals surface area contributed by atoms with Gasteiger partial charge in [0.15, 0.2) is 0 Å². The van der Waals surface area contributed by atoms with Gasteiger partial charge in [-0.2, -0.15) is 0 Å². The van der Waals surface area contributed by atoms with E-state index in [1.807, 2.05) is 0 Å². The SMILES string of the molecule is Cc1cccc(NCCNCC(C)O)c1[N+](=O)[O-]. The largest absolute Gasteiger partial charge is 0.392 e. The molecule has 0 fully saturated rings. The van der Waals surface area contributed by atoms with Crippen LogP contribution in [-0.4, -0.2) is 35.8 Å². The first kappa shape index (κ1) is 14.4. The molecule has 0 radical (unpaired) electrons. The Labute approximate surface area is 106 Å². The lowest BCUT2D eigenvalue weighted by Crippen LogP contribution is -2.29. The minimum Gasteiger partial charge on any atom is -0.392 e. The van der Waals surface area contributed by atoms with E-state index in [1.54, 1.807) is 32.0 Å². The van der Waals surface area contributed by atoms with Crippen LogP contribution in [0, 0.1) is 17.0 Å². The van der Waals surface area contributed by atoms with Crippen LogP contribution < -0.4 is 10.6 Å². The monoisotopic (exact) mass is 253 g/mol. The zero-order chi connectivity index (χ0) is 13.5. The second kappa shape index (κ2) is 6.93. The standard InChI is InChI=1S/C12H19N3O3/c1-9-4-3-5-11(12(9)15(17)18)14-7-6-13-8-10(2)16/h3-5,10,13-14,16H,6-8H2,1-2H3. The van der Waals surface area contributed by atoms with Crippen LogP contribution in [0.1, 0.15) is 12.5 Å². The molecule has 0 aliphatic carbocycles. The molecule has 0 spiro atoms. The molecule has 0 saturated carbocycles. The van der Waals surface area contributed by atoms with Crippen molar-refractivity contribution in [3.63, 3.8) is 0 Å². The predicted molar refractivity (Wildman–Crippen MR) is 70.9 cm³/mol. The van der Waals surface area contributed by atoms with Crippen LogP contribution >= 0.6 is 0 Å². The number of aryl methyl sites for hydroxylation is 1. The van der Waals surface area contributed by atoms with E-state index < -0.39 is 6.10 Å². The second-order valence-electron chi connectivity index (χ2n) is 4.21. The van der Waals surface area contributed by atoms with Crippen molar-refractivity contribution in [1.82, 2.24) is 5.32 Å². The second-order valence-corrected chi connectivity index (χ2v) is 4.21. The molecule has 1 unspecified atom stereocenters. The molecule has 6 heteroatoms. The number of nitrogens with one attached hydrogen (secondary N) is 2. The summed E-state index contributed by atoms with van der Waals surface area (Å²) in [5.74, 6) is 0. The fourth-order valence-electron chi connectivity index (χ4n) is 1.64. The van der Waals surface area contributed by atoms with Gasteiger partial charge in [-0.15, -0.1) is 0 Å². The molecule has 0 aliphatic heterocycles. The highest BCUT2D eigenvalue weighted by Gasteiger charge is 2.15. The third kappa shape index (κ3) is 4.31. The fourth-order valence-corrected chi connectivity index (χ4v) is 1.64. The molecule has 0 aromatic heterocycles. The lowest BCUT2D eigenvalue weighted by molar-refractivity contribution is -0.384. The van der Waals surface area contributed by atoms with Crippen LogP contribution in [-0.2, 0) is 0 Å². The predicted octanol–water partition coefficient (Wildman–Crippen LogP) is 1.29. The van der Waals surface area contributed by atoms with E-state index in [0.717, 1.165) is 0 Å². The molecule has 1 aromatic rings. The van der Waals surface area contributed by atoms with E-state index in [4.69, 9.17) is 5.11 Å². The molecule has 0 saturated heterocycles. The van der Waals surface area contributed by atoms with E-state index in [-0.39, 0.29) is 10.6 Å². The summed E-state index contributed by atoms with van der Waals surface area (Å²) in [6.07, 6.45) is -0.390. The van der Waals surface area contributed by atoms with Crippen LogP contribution in [0.4, 0.5) is 11.4 Å². The summed E-state index contributed by atoms with van der Waals surface area (Å²) >= 11 is 0. The highest BCUT2D eigenvalue weighted by atomic mass is 16.6. The third-order valence-electron chi connectivity index (χ3n) is 2.48. The maximum atomic E-state index is 10.9. The molecule has 18 heavy (non-hydrogen) atoms. The first-order chi connectivity index (χ1) is 8.52. The Kier molecular flexibility index (Phi) is 5.54. The van der Waals surface area contributed by atoms with Gasteiger partial charge < -0.3 is 15.7 Å². The summed E-state index contributed by atoms with van der Waals surface area (Å²) in [5, 5.41) is 26.0. The number of para-hydroxylation sites is 1. The molecule has 0 heterocycles. The summed E-state index contributed by atoms with van der Waals surface area (Å²) in [5.41, 5.74) is 1.29. The van der Waals surface area contributed by atoms with Crippen molar-refractivity contribution in [1.29, 1.82) is 0 Å². The normalized spacial score (nSPS) is 12.2. The molecule has 3 N–H and O–H groups in total. The van der Waals surface area contributed by atoms with E-state index in [2.05, 4.69) is 10.6 Å². The zero-order valence-electron chi connectivity index (χ0n) is 10.6. The van der Waals surface area contributed by atoms with E-state index in [9.17, 15) is 10.1 Å². The molecule has 1 atom stereocenters. The number of aliphatic hydroxyl groups excluding tert-OH is 1. The molecule has 0 aliphatic rings. The Morgan fingerprint density at radius 2 is 2.17 bits per heavy atom.